The molecule has 0 saturated heterocycles. The van der Waals surface area contributed by atoms with Gasteiger partial charge >= 0.3 is 11.9 Å². The first-order valence-electron chi connectivity index (χ1n) is 9.90. The van der Waals surface area contributed by atoms with Crippen LogP contribution in [0.2, 0.25) is 0 Å². The van der Waals surface area contributed by atoms with Crippen LogP contribution in [0.5, 0.6) is 23.0 Å². The molecule has 168 valence electrons. The van der Waals surface area contributed by atoms with Gasteiger partial charge in [0.25, 0.3) is 0 Å². The zero-order valence-corrected chi connectivity index (χ0v) is 17.9. The molecule has 0 aromatic heterocycles. The maximum Gasteiger partial charge on any atom is 0.363 e. The molecular formula is C23H23NO8. The van der Waals surface area contributed by atoms with Crippen LogP contribution in [0, 0.1) is 0 Å². The van der Waals surface area contributed by atoms with Crippen molar-refractivity contribution in [1.29, 1.82) is 0 Å². The van der Waals surface area contributed by atoms with Crippen molar-refractivity contribution in [1.82, 2.24) is 0 Å². The number of carboxylic acid groups (broad SMARTS) is 1. The highest BCUT2D eigenvalue weighted by Gasteiger charge is 2.25. The molecule has 1 aliphatic heterocycles. The summed E-state index contributed by atoms with van der Waals surface area (Å²) in [6, 6.07) is 10.00. The lowest BCUT2D eigenvalue weighted by atomic mass is 10.1. The molecule has 0 fully saturated rings. The van der Waals surface area contributed by atoms with Gasteiger partial charge in [-0.25, -0.2) is 14.6 Å². The zero-order chi connectivity index (χ0) is 23.1. The first-order valence-corrected chi connectivity index (χ1v) is 9.90. The van der Waals surface area contributed by atoms with E-state index in [0.29, 0.717) is 41.6 Å². The number of rotatable bonds is 10. The number of hydrogen-bond acceptors (Lipinski definition) is 8. The van der Waals surface area contributed by atoms with E-state index in [4.69, 9.17) is 28.8 Å². The van der Waals surface area contributed by atoms with Crippen molar-refractivity contribution >= 4 is 23.9 Å². The molecule has 1 heterocycles. The van der Waals surface area contributed by atoms with Gasteiger partial charge in [0.1, 0.15) is 0 Å². The zero-order valence-electron chi connectivity index (χ0n) is 17.9. The van der Waals surface area contributed by atoms with Crippen LogP contribution in [0.25, 0.3) is 6.08 Å². The molecule has 9 nitrogen and oxygen atoms in total. The SMILES string of the molecule is CCOc1ccc(C2=N/C(=C/c3ccc(OCC(=O)O)c(OC)c3)C(=O)O2)cc1OCC. The fourth-order valence-electron chi connectivity index (χ4n) is 2.91. The Morgan fingerprint density at radius 3 is 2.38 bits per heavy atom. The highest BCUT2D eigenvalue weighted by atomic mass is 16.6. The minimum absolute atomic E-state index is 0.105. The molecule has 2 aromatic rings. The highest BCUT2D eigenvalue weighted by molar-refractivity contribution is 6.13. The number of hydrogen-bond donors (Lipinski definition) is 1. The second-order valence-electron chi connectivity index (χ2n) is 6.46. The largest absolute Gasteiger partial charge is 0.493 e. The molecule has 3 rings (SSSR count). The smallest absolute Gasteiger partial charge is 0.363 e. The predicted octanol–water partition coefficient (Wildman–Crippen LogP) is 3.30. The van der Waals surface area contributed by atoms with Crippen LogP contribution in [-0.2, 0) is 14.3 Å². The molecule has 0 spiro atoms. The molecule has 0 saturated carbocycles. The monoisotopic (exact) mass is 441 g/mol. The number of carbonyl (C=O) groups is 2. The number of ether oxygens (including phenoxy) is 5. The van der Waals surface area contributed by atoms with Crippen LogP contribution in [0.15, 0.2) is 47.1 Å². The number of benzene rings is 2. The fraction of sp³-hybridized carbons (Fsp3) is 0.261. The number of esters is 1. The normalized spacial score (nSPS) is 14.0. The summed E-state index contributed by atoms with van der Waals surface area (Å²) in [6.45, 7) is 4.19. The second kappa shape index (κ2) is 10.3. The van der Waals surface area contributed by atoms with Crippen molar-refractivity contribution in [3.05, 3.63) is 53.2 Å². The summed E-state index contributed by atoms with van der Waals surface area (Å²) in [5, 5.41) is 8.76. The third-order valence-electron chi connectivity index (χ3n) is 4.25. The van der Waals surface area contributed by atoms with E-state index in [9.17, 15) is 9.59 Å². The summed E-state index contributed by atoms with van der Waals surface area (Å²) in [5.41, 5.74) is 1.28. The summed E-state index contributed by atoms with van der Waals surface area (Å²) < 4.78 is 26.9. The molecule has 1 N–H and O–H groups in total. The average molecular weight is 441 g/mol. The number of nitrogens with zero attached hydrogens (tertiary/aromatic N) is 1. The van der Waals surface area contributed by atoms with Crippen molar-refractivity contribution in [3.63, 3.8) is 0 Å². The Morgan fingerprint density at radius 2 is 1.69 bits per heavy atom. The summed E-state index contributed by atoms with van der Waals surface area (Å²) in [6.07, 6.45) is 1.54. The van der Waals surface area contributed by atoms with E-state index in [0.717, 1.165) is 0 Å². The molecule has 0 aliphatic carbocycles. The van der Waals surface area contributed by atoms with Crippen molar-refractivity contribution in [3.8, 4) is 23.0 Å². The Balaban J connectivity index is 1.87. The van der Waals surface area contributed by atoms with Gasteiger partial charge in [-0.05, 0) is 55.8 Å². The van der Waals surface area contributed by atoms with Gasteiger partial charge in [-0.3, -0.25) is 0 Å². The number of aliphatic carboxylic acids is 1. The van der Waals surface area contributed by atoms with Gasteiger partial charge in [0.2, 0.25) is 5.90 Å². The van der Waals surface area contributed by atoms with Crippen LogP contribution in [0.4, 0.5) is 0 Å². The van der Waals surface area contributed by atoms with E-state index in [2.05, 4.69) is 4.99 Å². The summed E-state index contributed by atoms with van der Waals surface area (Å²) in [4.78, 5) is 27.4. The average Bonchev–Trinajstić information content (AvgIpc) is 3.14. The highest BCUT2D eigenvalue weighted by Crippen LogP contribution is 2.32. The molecule has 0 unspecified atom stereocenters. The number of methoxy groups -OCH3 is 1. The van der Waals surface area contributed by atoms with Crippen LogP contribution < -0.4 is 18.9 Å². The Morgan fingerprint density at radius 1 is 1.00 bits per heavy atom. The standard InChI is InChI=1S/C23H23NO8/c1-4-29-18-9-7-15(12-20(18)30-5-2)22-24-16(23(27)32-22)10-14-6-8-17(19(11-14)28-3)31-13-21(25)26/h6-12H,4-5,13H2,1-3H3,(H,25,26)/b16-10+. The van der Waals surface area contributed by atoms with Crippen molar-refractivity contribution in [2.45, 2.75) is 13.8 Å². The van der Waals surface area contributed by atoms with E-state index >= 15 is 0 Å². The molecule has 1 aliphatic rings. The van der Waals surface area contributed by atoms with Crippen LogP contribution >= 0.6 is 0 Å². The van der Waals surface area contributed by atoms with Gasteiger partial charge < -0.3 is 28.8 Å². The van der Waals surface area contributed by atoms with E-state index in [1.807, 2.05) is 13.8 Å². The van der Waals surface area contributed by atoms with Crippen molar-refractivity contribution in [2.75, 3.05) is 26.9 Å². The topological polar surface area (TPSA) is 113 Å². The van der Waals surface area contributed by atoms with Crippen LogP contribution in [-0.4, -0.2) is 49.9 Å². The second-order valence-corrected chi connectivity index (χ2v) is 6.46. The third-order valence-corrected chi connectivity index (χ3v) is 4.25. The minimum atomic E-state index is -1.10. The van der Waals surface area contributed by atoms with Gasteiger partial charge in [-0.15, -0.1) is 0 Å². The summed E-state index contributed by atoms with van der Waals surface area (Å²) in [5.74, 6) is 0.171. The first-order chi connectivity index (χ1) is 15.4. The lowest BCUT2D eigenvalue weighted by Gasteiger charge is -2.11. The van der Waals surface area contributed by atoms with Crippen molar-refractivity contribution < 1.29 is 38.4 Å². The number of cyclic esters (lactones) is 1. The van der Waals surface area contributed by atoms with Crippen molar-refractivity contribution in [2.24, 2.45) is 4.99 Å². The molecule has 0 bridgehead atoms. The molecular weight excluding hydrogens is 418 g/mol. The maximum atomic E-state index is 12.4. The number of carbonyl (C=O) groups excluding carboxylic acids is 1. The molecule has 9 heteroatoms. The number of carboxylic acids is 1. The Kier molecular flexibility index (Phi) is 7.33. The van der Waals surface area contributed by atoms with Gasteiger partial charge in [0, 0.05) is 5.56 Å². The van der Waals surface area contributed by atoms with Gasteiger partial charge in [-0.1, -0.05) is 6.07 Å². The molecule has 32 heavy (non-hydrogen) atoms. The fourth-order valence-corrected chi connectivity index (χ4v) is 2.91. The van der Waals surface area contributed by atoms with Gasteiger partial charge in [0.05, 0.1) is 20.3 Å². The quantitative estimate of drug-likeness (QED) is 0.441. The van der Waals surface area contributed by atoms with E-state index in [1.165, 1.54) is 13.2 Å². The predicted molar refractivity (Wildman–Crippen MR) is 116 cm³/mol. The number of aliphatic imine (C=N–C) groups is 1. The van der Waals surface area contributed by atoms with E-state index in [1.54, 1.807) is 36.4 Å². The lowest BCUT2D eigenvalue weighted by molar-refractivity contribution is -0.139. The molecule has 0 radical (unpaired) electrons. The van der Waals surface area contributed by atoms with Crippen LogP contribution in [0.1, 0.15) is 25.0 Å². The lowest BCUT2D eigenvalue weighted by Crippen LogP contribution is -2.10. The summed E-state index contributed by atoms with van der Waals surface area (Å²) in [7, 11) is 1.43. The third kappa shape index (κ3) is 5.37. The first kappa shape index (κ1) is 22.7. The van der Waals surface area contributed by atoms with Gasteiger partial charge in [0.15, 0.2) is 35.3 Å². The molecule has 2 aromatic carbocycles. The molecule has 0 atom stereocenters. The minimum Gasteiger partial charge on any atom is -0.493 e. The molecule has 0 amide bonds. The Hall–Kier alpha value is -4.01. The van der Waals surface area contributed by atoms with E-state index < -0.39 is 18.5 Å². The maximum absolute atomic E-state index is 12.4. The summed E-state index contributed by atoms with van der Waals surface area (Å²) >= 11 is 0. The van der Waals surface area contributed by atoms with Crippen LogP contribution in [0.3, 0.4) is 0 Å². The van der Waals surface area contributed by atoms with E-state index in [-0.39, 0.29) is 17.3 Å². The van der Waals surface area contributed by atoms with Gasteiger partial charge in [-0.2, -0.15) is 0 Å². The Labute approximate surface area is 184 Å². The Bertz CT molecular complexity index is 1070.